The second-order valence-corrected chi connectivity index (χ2v) is 6.85. The van der Waals surface area contributed by atoms with Crippen LogP contribution in [-0.2, 0) is 0 Å². The zero-order valence-corrected chi connectivity index (χ0v) is 14.0. The van der Waals surface area contributed by atoms with E-state index in [0.29, 0.717) is 5.92 Å². The minimum absolute atomic E-state index is 0.492. The van der Waals surface area contributed by atoms with Gasteiger partial charge in [-0.05, 0) is 53.5 Å². The van der Waals surface area contributed by atoms with Crippen molar-refractivity contribution in [1.82, 2.24) is 0 Å². The van der Waals surface area contributed by atoms with E-state index in [9.17, 15) is 0 Å². The average Bonchev–Trinajstić information content (AvgIpc) is 2.64. The number of allylic oxidation sites excluding steroid dienone is 1. The standard InChI is InChI=1S/C17H14Br2/c1-10-11(2)17(12-3-5-13(18)6-4-12)15-8-7-14(19)9-16(10)15/h3-10H,1-2H3. The summed E-state index contributed by atoms with van der Waals surface area (Å²) in [5.74, 6) is 0.492. The SMILES string of the molecule is CC1=C(c2ccc(Br)cc2)c2ccc(Br)cc2C1C. The predicted octanol–water partition coefficient (Wildman–Crippen LogP) is 6.15. The van der Waals surface area contributed by atoms with E-state index < -0.39 is 0 Å². The third-order valence-corrected chi connectivity index (χ3v) is 4.95. The van der Waals surface area contributed by atoms with E-state index in [2.05, 4.69) is 88.2 Å². The summed E-state index contributed by atoms with van der Waals surface area (Å²) in [7, 11) is 0. The van der Waals surface area contributed by atoms with E-state index >= 15 is 0 Å². The highest BCUT2D eigenvalue weighted by molar-refractivity contribution is 9.10. The molecule has 0 saturated heterocycles. The van der Waals surface area contributed by atoms with E-state index in [0.717, 1.165) is 8.95 Å². The molecule has 1 aliphatic carbocycles. The molecular formula is C17H14Br2. The van der Waals surface area contributed by atoms with Gasteiger partial charge in [-0.25, -0.2) is 0 Å². The van der Waals surface area contributed by atoms with Gasteiger partial charge in [-0.1, -0.05) is 62.6 Å². The average molecular weight is 378 g/mol. The molecule has 1 aliphatic rings. The van der Waals surface area contributed by atoms with Gasteiger partial charge < -0.3 is 0 Å². The smallest absolute Gasteiger partial charge is 0.0178 e. The van der Waals surface area contributed by atoms with E-state index in [1.54, 1.807) is 0 Å². The molecule has 0 heterocycles. The summed E-state index contributed by atoms with van der Waals surface area (Å²) in [4.78, 5) is 0. The van der Waals surface area contributed by atoms with E-state index in [1.807, 2.05) is 0 Å². The zero-order chi connectivity index (χ0) is 13.6. The number of hydrogen-bond donors (Lipinski definition) is 0. The molecule has 3 rings (SSSR count). The minimum Gasteiger partial charge on any atom is -0.0576 e. The first-order valence-corrected chi connectivity index (χ1v) is 7.93. The Labute approximate surface area is 130 Å². The molecule has 0 fully saturated rings. The highest BCUT2D eigenvalue weighted by Crippen LogP contribution is 2.45. The van der Waals surface area contributed by atoms with Crippen LogP contribution in [-0.4, -0.2) is 0 Å². The van der Waals surface area contributed by atoms with Crippen LogP contribution in [0.15, 0.2) is 57.0 Å². The summed E-state index contributed by atoms with van der Waals surface area (Å²) >= 11 is 7.07. The number of benzene rings is 2. The van der Waals surface area contributed by atoms with Crippen LogP contribution in [0.4, 0.5) is 0 Å². The lowest BCUT2D eigenvalue weighted by molar-refractivity contribution is 0.919. The third kappa shape index (κ3) is 2.21. The molecule has 0 radical (unpaired) electrons. The molecule has 1 atom stereocenters. The molecule has 0 N–H and O–H groups in total. The molecule has 1 unspecified atom stereocenters. The molecule has 96 valence electrons. The number of fused-ring (bicyclic) bond motifs is 1. The van der Waals surface area contributed by atoms with Gasteiger partial charge >= 0.3 is 0 Å². The summed E-state index contributed by atoms with van der Waals surface area (Å²) < 4.78 is 2.28. The lowest BCUT2D eigenvalue weighted by Crippen LogP contribution is -1.89. The van der Waals surface area contributed by atoms with Gasteiger partial charge in [-0.15, -0.1) is 0 Å². The topological polar surface area (TPSA) is 0 Å². The van der Waals surface area contributed by atoms with Crippen molar-refractivity contribution >= 4 is 37.4 Å². The number of halogens is 2. The Balaban J connectivity index is 2.19. The molecule has 0 aliphatic heterocycles. The van der Waals surface area contributed by atoms with E-state index in [1.165, 1.54) is 27.8 Å². The summed E-state index contributed by atoms with van der Waals surface area (Å²) in [6.45, 7) is 4.53. The van der Waals surface area contributed by atoms with Gasteiger partial charge in [0.1, 0.15) is 0 Å². The molecule has 2 heteroatoms. The van der Waals surface area contributed by atoms with Crippen molar-refractivity contribution in [2.45, 2.75) is 19.8 Å². The lowest BCUT2D eigenvalue weighted by Gasteiger charge is -2.07. The summed E-state index contributed by atoms with van der Waals surface area (Å²) in [6.07, 6.45) is 0. The van der Waals surface area contributed by atoms with Crippen molar-refractivity contribution in [2.24, 2.45) is 0 Å². The first-order valence-electron chi connectivity index (χ1n) is 6.34. The highest BCUT2D eigenvalue weighted by atomic mass is 79.9. The maximum atomic E-state index is 3.57. The second-order valence-electron chi connectivity index (χ2n) is 5.02. The van der Waals surface area contributed by atoms with Gasteiger partial charge in [0, 0.05) is 14.9 Å². The second kappa shape index (κ2) is 4.92. The van der Waals surface area contributed by atoms with Crippen molar-refractivity contribution < 1.29 is 0 Å². The van der Waals surface area contributed by atoms with Crippen LogP contribution in [0.5, 0.6) is 0 Å². The van der Waals surface area contributed by atoms with Crippen molar-refractivity contribution in [1.29, 1.82) is 0 Å². The number of hydrogen-bond acceptors (Lipinski definition) is 0. The van der Waals surface area contributed by atoms with Gasteiger partial charge in [0.25, 0.3) is 0 Å². The van der Waals surface area contributed by atoms with E-state index in [-0.39, 0.29) is 0 Å². The quantitative estimate of drug-likeness (QED) is 0.558. The summed E-state index contributed by atoms with van der Waals surface area (Å²) in [5, 5.41) is 0. The van der Waals surface area contributed by atoms with Crippen LogP contribution in [0.2, 0.25) is 0 Å². The molecule has 0 spiro atoms. The monoisotopic (exact) mass is 376 g/mol. The Kier molecular flexibility index (Phi) is 3.40. The van der Waals surface area contributed by atoms with Crippen molar-refractivity contribution in [2.75, 3.05) is 0 Å². The molecule has 0 amide bonds. The number of rotatable bonds is 1. The third-order valence-electron chi connectivity index (χ3n) is 3.93. The molecule has 0 aromatic heterocycles. The maximum Gasteiger partial charge on any atom is 0.0178 e. The molecule has 2 aromatic rings. The fourth-order valence-electron chi connectivity index (χ4n) is 2.78. The van der Waals surface area contributed by atoms with Crippen LogP contribution >= 0.6 is 31.9 Å². The first kappa shape index (κ1) is 13.1. The molecule has 0 nitrogen and oxygen atoms in total. The van der Waals surface area contributed by atoms with Crippen molar-refractivity contribution in [3.05, 3.63) is 73.7 Å². The predicted molar refractivity (Wildman–Crippen MR) is 88.4 cm³/mol. The van der Waals surface area contributed by atoms with Gasteiger partial charge in [0.15, 0.2) is 0 Å². The fourth-order valence-corrected chi connectivity index (χ4v) is 3.42. The molecule has 19 heavy (non-hydrogen) atoms. The normalized spacial score (nSPS) is 17.8. The fraction of sp³-hybridized carbons (Fsp3) is 0.176. The van der Waals surface area contributed by atoms with Gasteiger partial charge in [-0.2, -0.15) is 0 Å². The van der Waals surface area contributed by atoms with Gasteiger partial charge in [0.2, 0.25) is 0 Å². The maximum absolute atomic E-state index is 3.57. The van der Waals surface area contributed by atoms with Crippen molar-refractivity contribution in [3.8, 4) is 0 Å². The Morgan fingerprint density at radius 2 is 1.53 bits per heavy atom. The highest BCUT2D eigenvalue weighted by Gasteiger charge is 2.26. The van der Waals surface area contributed by atoms with Gasteiger partial charge in [0.05, 0.1) is 0 Å². The Bertz CT molecular complexity index is 666. The van der Waals surface area contributed by atoms with Crippen LogP contribution < -0.4 is 0 Å². The Hall–Kier alpha value is -0.860. The van der Waals surface area contributed by atoms with Crippen molar-refractivity contribution in [3.63, 3.8) is 0 Å². The lowest BCUT2D eigenvalue weighted by atomic mass is 9.98. The van der Waals surface area contributed by atoms with Crippen LogP contribution in [0.25, 0.3) is 5.57 Å². The largest absolute Gasteiger partial charge is 0.0576 e. The van der Waals surface area contributed by atoms with Crippen LogP contribution in [0.1, 0.15) is 36.5 Å². The Morgan fingerprint density at radius 3 is 2.21 bits per heavy atom. The van der Waals surface area contributed by atoms with Gasteiger partial charge in [-0.3, -0.25) is 0 Å². The summed E-state index contributed by atoms with van der Waals surface area (Å²) in [5.41, 5.74) is 6.94. The molecular weight excluding hydrogens is 364 g/mol. The van der Waals surface area contributed by atoms with E-state index in [4.69, 9.17) is 0 Å². The molecule has 0 saturated carbocycles. The minimum atomic E-state index is 0.492. The van der Waals surface area contributed by atoms with Crippen LogP contribution in [0.3, 0.4) is 0 Å². The molecule has 2 aromatic carbocycles. The zero-order valence-electron chi connectivity index (χ0n) is 10.9. The summed E-state index contributed by atoms with van der Waals surface area (Å²) in [6, 6.07) is 15.2. The molecule has 0 bridgehead atoms. The first-order chi connectivity index (χ1) is 9.08. The Morgan fingerprint density at radius 1 is 0.895 bits per heavy atom. The van der Waals surface area contributed by atoms with Crippen LogP contribution in [0, 0.1) is 0 Å².